The summed E-state index contributed by atoms with van der Waals surface area (Å²) < 4.78 is 0.464. The Morgan fingerprint density at radius 2 is 2.04 bits per heavy atom. The van der Waals surface area contributed by atoms with Gasteiger partial charge in [-0.05, 0) is 18.4 Å². The molecule has 0 aliphatic rings. The second-order valence-electron chi connectivity index (χ2n) is 5.90. The van der Waals surface area contributed by atoms with Gasteiger partial charge in [0.15, 0.2) is 0 Å². The maximum Gasteiger partial charge on any atom is 0.305 e. The predicted molar refractivity (Wildman–Crippen MR) is 88.1 cm³/mol. The molecule has 0 aliphatic carbocycles. The quantitative estimate of drug-likeness (QED) is 0.552. The van der Waals surface area contributed by atoms with Crippen LogP contribution < -0.4 is 5.32 Å². The Balaban J connectivity index is 2.87. The third-order valence-corrected chi connectivity index (χ3v) is 4.55. The van der Waals surface area contributed by atoms with Crippen LogP contribution in [0, 0.1) is 16.0 Å². The molecule has 0 bridgehead atoms. The Labute approximate surface area is 142 Å². The number of nitrogens with one attached hydrogen (secondary N) is 1. The number of nitro groups is 1. The van der Waals surface area contributed by atoms with Gasteiger partial charge in [-0.3, -0.25) is 19.7 Å². The first kappa shape index (κ1) is 19.1. The molecule has 0 fully saturated rings. The Morgan fingerprint density at radius 1 is 1.43 bits per heavy atom. The van der Waals surface area contributed by atoms with E-state index in [0.717, 1.165) is 0 Å². The number of carboxylic acids is 1. The van der Waals surface area contributed by atoms with Crippen LogP contribution in [-0.4, -0.2) is 27.4 Å². The zero-order chi connectivity index (χ0) is 17.8. The van der Waals surface area contributed by atoms with Crippen molar-refractivity contribution in [1.82, 2.24) is 5.32 Å². The van der Waals surface area contributed by atoms with Crippen molar-refractivity contribution < 1.29 is 19.6 Å². The summed E-state index contributed by atoms with van der Waals surface area (Å²) in [5.41, 5.74) is -0.343. The molecule has 8 heteroatoms. The Hall–Kier alpha value is -1.96. The van der Waals surface area contributed by atoms with E-state index in [1.807, 2.05) is 13.8 Å². The molecule has 0 saturated carbocycles. The molecule has 2 N–H and O–H groups in total. The fourth-order valence-corrected chi connectivity index (χ4v) is 2.54. The van der Waals surface area contributed by atoms with Crippen LogP contribution in [0.4, 0.5) is 5.69 Å². The van der Waals surface area contributed by atoms with Gasteiger partial charge in [-0.15, -0.1) is 0 Å². The summed E-state index contributed by atoms with van der Waals surface area (Å²) >= 11 is 3.21. The van der Waals surface area contributed by atoms with Crippen molar-refractivity contribution in [2.45, 2.75) is 39.2 Å². The van der Waals surface area contributed by atoms with Gasteiger partial charge >= 0.3 is 5.97 Å². The molecule has 0 radical (unpaired) electrons. The second-order valence-corrected chi connectivity index (χ2v) is 6.75. The first-order valence-corrected chi connectivity index (χ1v) is 7.80. The maximum absolute atomic E-state index is 12.2. The van der Waals surface area contributed by atoms with E-state index >= 15 is 0 Å². The zero-order valence-electron chi connectivity index (χ0n) is 13.1. The lowest BCUT2D eigenvalue weighted by Gasteiger charge is -2.33. The lowest BCUT2D eigenvalue weighted by molar-refractivity contribution is -0.384. The van der Waals surface area contributed by atoms with Crippen LogP contribution in [-0.2, 0) is 16.0 Å². The lowest BCUT2D eigenvalue weighted by atomic mass is 9.85. The number of carbonyl (C=O) groups excluding carboxylic acids is 1. The molecule has 0 saturated heterocycles. The molecule has 1 unspecified atom stereocenters. The number of halogens is 1. The van der Waals surface area contributed by atoms with E-state index in [2.05, 4.69) is 21.2 Å². The van der Waals surface area contributed by atoms with Gasteiger partial charge in [0.25, 0.3) is 5.69 Å². The SMILES string of the molecule is CC(C)C(C)(CC(=O)O)NC(=O)Cc1ccc([N+](=O)[O-])cc1Br. The van der Waals surface area contributed by atoms with Crippen LogP contribution in [0.3, 0.4) is 0 Å². The van der Waals surface area contributed by atoms with Crippen molar-refractivity contribution in [3.63, 3.8) is 0 Å². The first-order chi connectivity index (χ1) is 10.5. The minimum absolute atomic E-state index is 0.000503. The number of nitrogens with zero attached hydrogens (tertiary/aromatic N) is 1. The molecule has 0 aromatic heterocycles. The van der Waals surface area contributed by atoms with Crippen molar-refractivity contribution in [1.29, 1.82) is 0 Å². The average molecular weight is 387 g/mol. The highest BCUT2D eigenvalue weighted by molar-refractivity contribution is 9.10. The highest BCUT2D eigenvalue weighted by Gasteiger charge is 2.32. The van der Waals surface area contributed by atoms with Gasteiger partial charge in [0.05, 0.1) is 17.8 Å². The average Bonchev–Trinajstić information content (AvgIpc) is 2.39. The third kappa shape index (κ3) is 5.31. The van der Waals surface area contributed by atoms with Crippen LogP contribution in [0.5, 0.6) is 0 Å². The number of aliphatic carboxylic acids is 1. The summed E-state index contributed by atoms with van der Waals surface area (Å²) in [5, 5.41) is 22.5. The number of carboxylic acid groups (broad SMARTS) is 1. The molecule has 1 aromatic carbocycles. The van der Waals surface area contributed by atoms with Crippen LogP contribution >= 0.6 is 15.9 Å². The summed E-state index contributed by atoms with van der Waals surface area (Å²) in [4.78, 5) is 33.4. The van der Waals surface area contributed by atoms with Crippen molar-refractivity contribution in [2.75, 3.05) is 0 Å². The summed E-state index contributed by atoms with van der Waals surface area (Å²) in [7, 11) is 0. The fourth-order valence-electron chi connectivity index (χ4n) is 2.04. The smallest absolute Gasteiger partial charge is 0.305 e. The Bertz CT molecular complexity index is 632. The Kier molecular flexibility index (Phi) is 6.26. The van der Waals surface area contributed by atoms with Gasteiger partial charge < -0.3 is 10.4 Å². The van der Waals surface area contributed by atoms with E-state index in [1.165, 1.54) is 18.2 Å². The Morgan fingerprint density at radius 3 is 2.48 bits per heavy atom. The first-order valence-electron chi connectivity index (χ1n) is 7.01. The summed E-state index contributed by atoms with van der Waals surface area (Å²) in [5.74, 6) is -1.39. The van der Waals surface area contributed by atoms with E-state index in [4.69, 9.17) is 5.11 Å². The molecule has 1 aromatic rings. The minimum Gasteiger partial charge on any atom is -0.481 e. The summed E-state index contributed by atoms with van der Waals surface area (Å²) in [6.45, 7) is 5.37. The van der Waals surface area contributed by atoms with Crippen LogP contribution in [0.15, 0.2) is 22.7 Å². The number of hydrogen-bond acceptors (Lipinski definition) is 4. The zero-order valence-corrected chi connectivity index (χ0v) is 14.7. The van der Waals surface area contributed by atoms with Gasteiger partial charge in [0, 0.05) is 22.1 Å². The highest BCUT2D eigenvalue weighted by atomic mass is 79.9. The standard InChI is InChI=1S/C15H19BrN2O5/c1-9(2)15(3,8-14(20)21)17-13(19)6-10-4-5-11(18(22)23)7-12(10)16/h4-5,7,9H,6,8H2,1-3H3,(H,17,19)(H,20,21). The molecule has 1 rings (SSSR count). The number of rotatable bonds is 7. The van der Waals surface area contributed by atoms with Gasteiger partial charge in [0.1, 0.15) is 0 Å². The monoisotopic (exact) mass is 386 g/mol. The molecule has 1 amide bonds. The largest absolute Gasteiger partial charge is 0.481 e. The molecular formula is C15H19BrN2O5. The van der Waals surface area contributed by atoms with Crippen LogP contribution in [0.1, 0.15) is 32.8 Å². The molecule has 7 nitrogen and oxygen atoms in total. The van der Waals surface area contributed by atoms with Crippen molar-refractivity contribution in [2.24, 2.45) is 5.92 Å². The topological polar surface area (TPSA) is 110 Å². The van der Waals surface area contributed by atoms with Gasteiger partial charge in [-0.1, -0.05) is 35.8 Å². The molecule has 0 spiro atoms. The van der Waals surface area contributed by atoms with Crippen molar-refractivity contribution in [3.8, 4) is 0 Å². The van der Waals surface area contributed by atoms with E-state index in [-0.39, 0.29) is 30.4 Å². The molecule has 23 heavy (non-hydrogen) atoms. The minimum atomic E-state index is -0.988. The normalized spacial score (nSPS) is 13.4. The van der Waals surface area contributed by atoms with Crippen LogP contribution in [0.2, 0.25) is 0 Å². The fraction of sp³-hybridized carbons (Fsp3) is 0.467. The molecule has 1 atom stereocenters. The molecular weight excluding hydrogens is 368 g/mol. The highest BCUT2D eigenvalue weighted by Crippen LogP contribution is 2.25. The third-order valence-electron chi connectivity index (χ3n) is 3.82. The van der Waals surface area contributed by atoms with E-state index in [9.17, 15) is 19.7 Å². The number of hydrogen-bond donors (Lipinski definition) is 2. The van der Waals surface area contributed by atoms with Gasteiger partial charge in [0.2, 0.25) is 5.91 Å². The molecule has 0 aliphatic heterocycles. The van der Waals surface area contributed by atoms with Crippen molar-refractivity contribution >= 4 is 33.5 Å². The number of non-ortho nitro benzene ring substituents is 1. The number of nitro benzene ring substituents is 1. The van der Waals surface area contributed by atoms with Crippen molar-refractivity contribution in [3.05, 3.63) is 38.3 Å². The van der Waals surface area contributed by atoms with E-state index < -0.39 is 16.4 Å². The second kappa shape index (κ2) is 7.54. The van der Waals surface area contributed by atoms with E-state index in [0.29, 0.717) is 10.0 Å². The summed E-state index contributed by atoms with van der Waals surface area (Å²) in [6.07, 6.45) is -0.182. The van der Waals surface area contributed by atoms with Crippen LogP contribution in [0.25, 0.3) is 0 Å². The van der Waals surface area contributed by atoms with Gasteiger partial charge in [-0.2, -0.15) is 0 Å². The number of carbonyl (C=O) groups is 2. The van der Waals surface area contributed by atoms with Gasteiger partial charge in [-0.25, -0.2) is 0 Å². The number of benzene rings is 1. The van der Waals surface area contributed by atoms with E-state index in [1.54, 1.807) is 6.92 Å². The molecule has 126 valence electrons. The maximum atomic E-state index is 12.2. The predicted octanol–water partition coefficient (Wildman–Crippen LogP) is 2.91. The molecule has 0 heterocycles. The number of amides is 1. The lowest BCUT2D eigenvalue weighted by Crippen LogP contribution is -2.51. The summed E-state index contributed by atoms with van der Waals surface area (Å²) in [6, 6.07) is 4.17.